The van der Waals surface area contributed by atoms with E-state index in [-0.39, 0.29) is 5.91 Å². The first kappa shape index (κ1) is 22.6. The monoisotopic (exact) mass is 449 g/mol. The van der Waals surface area contributed by atoms with E-state index >= 15 is 0 Å². The number of nitrogens with zero attached hydrogens (tertiary/aromatic N) is 4. The van der Waals surface area contributed by atoms with Crippen LogP contribution < -0.4 is 5.32 Å². The summed E-state index contributed by atoms with van der Waals surface area (Å²) in [6, 6.07) is 18.6. The van der Waals surface area contributed by atoms with Crippen molar-refractivity contribution in [1.82, 2.24) is 25.0 Å². The number of thioether (sulfide) groups is 1. The molecule has 2 heterocycles. The van der Waals surface area contributed by atoms with Gasteiger partial charge >= 0.3 is 0 Å². The van der Waals surface area contributed by atoms with Crippen LogP contribution in [0.25, 0.3) is 0 Å². The number of aromatic nitrogens is 3. The number of carbonyl (C=O) groups excluding carboxylic acids is 1. The normalized spacial score (nSPS) is 14.4. The van der Waals surface area contributed by atoms with E-state index < -0.39 is 0 Å². The predicted octanol–water partition coefficient (Wildman–Crippen LogP) is 4.03. The van der Waals surface area contributed by atoms with Crippen molar-refractivity contribution in [1.29, 1.82) is 0 Å². The predicted molar refractivity (Wildman–Crippen MR) is 128 cm³/mol. The van der Waals surface area contributed by atoms with Crippen LogP contribution in [0.2, 0.25) is 0 Å². The molecule has 0 spiro atoms. The van der Waals surface area contributed by atoms with Crippen molar-refractivity contribution in [3.8, 4) is 0 Å². The van der Waals surface area contributed by atoms with Crippen LogP contribution in [0.1, 0.15) is 41.8 Å². The molecule has 0 bridgehead atoms. The van der Waals surface area contributed by atoms with E-state index in [1.807, 2.05) is 18.2 Å². The highest BCUT2D eigenvalue weighted by molar-refractivity contribution is 7.99. The molecule has 1 aliphatic rings. The molecule has 1 N–H and O–H groups in total. The third kappa shape index (κ3) is 6.43. The molecule has 1 fully saturated rings. The van der Waals surface area contributed by atoms with E-state index in [4.69, 9.17) is 0 Å². The molecule has 32 heavy (non-hydrogen) atoms. The van der Waals surface area contributed by atoms with Gasteiger partial charge in [-0.2, -0.15) is 0 Å². The fraction of sp³-hybridized carbons (Fsp3) is 0.400. The maximum atomic E-state index is 12.5. The first-order valence-corrected chi connectivity index (χ1v) is 12.3. The maximum Gasteiger partial charge on any atom is 0.230 e. The van der Waals surface area contributed by atoms with Crippen molar-refractivity contribution >= 4 is 17.7 Å². The van der Waals surface area contributed by atoms with Crippen molar-refractivity contribution in [3.63, 3.8) is 0 Å². The van der Waals surface area contributed by atoms with Gasteiger partial charge in [0.15, 0.2) is 5.16 Å². The van der Waals surface area contributed by atoms with Gasteiger partial charge in [0.2, 0.25) is 5.91 Å². The molecule has 0 saturated carbocycles. The second-order valence-corrected chi connectivity index (χ2v) is 9.30. The Morgan fingerprint density at radius 2 is 1.69 bits per heavy atom. The molecule has 1 amide bonds. The topological polar surface area (TPSA) is 63.1 Å². The van der Waals surface area contributed by atoms with E-state index in [2.05, 4.69) is 68.3 Å². The van der Waals surface area contributed by atoms with Gasteiger partial charge in [0, 0.05) is 6.54 Å². The van der Waals surface area contributed by atoms with Gasteiger partial charge in [-0.15, -0.1) is 10.2 Å². The molecule has 6 nitrogen and oxygen atoms in total. The summed E-state index contributed by atoms with van der Waals surface area (Å²) in [6.07, 6.45) is 3.80. The highest BCUT2D eigenvalue weighted by Gasteiger charge is 2.18. The number of amides is 1. The summed E-state index contributed by atoms with van der Waals surface area (Å²) in [6.45, 7) is 6.34. The molecule has 0 atom stereocenters. The number of hydrogen-bond donors (Lipinski definition) is 1. The number of piperidine rings is 1. The summed E-state index contributed by atoms with van der Waals surface area (Å²) in [5.41, 5.74) is 3.52. The molecule has 4 rings (SSSR count). The molecular weight excluding hydrogens is 418 g/mol. The zero-order valence-electron chi connectivity index (χ0n) is 18.7. The van der Waals surface area contributed by atoms with Crippen molar-refractivity contribution in [2.75, 3.05) is 18.8 Å². The molecule has 0 radical (unpaired) electrons. The number of rotatable bonds is 9. The average Bonchev–Trinajstić information content (AvgIpc) is 3.19. The smallest absolute Gasteiger partial charge is 0.230 e. The summed E-state index contributed by atoms with van der Waals surface area (Å²) >= 11 is 1.45. The Bertz CT molecular complexity index is 997. The first-order valence-electron chi connectivity index (χ1n) is 11.3. The van der Waals surface area contributed by atoms with E-state index in [1.54, 1.807) is 0 Å². The molecule has 168 valence electrons. The molecule has 1 saturated heterocycles. The molecular formula is C25H31N5OS. The van der Waals surface area contributed by atoms with Crippen molar-refractivity contribution in [2.24, 2.45) is 0 Å². The van der Waals surface area contributed by atoms with Crippen LogP contribution >= 0.6 is 11.8 Å². The Morgan fingerprint density at radius 1 is 0.938 bits per heavy atom. The van der Waals surface area contributed by atoms with E-state index in [0.29, 0.717) is 18.8 Å². The number of nitrogens with one attached hydrogen (secondary N) is 1. The average molecular weight is 450 g/mol. The lowest BCUT2D eigenvalue weighted by atomic mass is 10.1. The van der Waals surface area contributed by atoms with E-state index in [1.165, 1.54) is 42.2 Å². The van der Waals surface area contributed by atoms with E-state index in [9.17, 15) is 4.79 Å². The highest BCUT2D eigenvalue weighted by atomic mass is 32.2. The molecule has 1 aromatic heterocycles. The standard InChI is InChI=1S/C25H31N5OS/c1-20-10-12-21(13-11-20)16-26-24(31)19-32-25-28-27-23(18-29-14-6-3-7-15-29)30(25)17-22-8-4-2-5-9-22/h2,4-5,8-13H,3,6-7,14-19H2,1H3,(H,26,31). The largest absolute Gasteiger partial charge is 0.351 e. The molecule has 0 aliphatic carbocycles. The Labute approximate surface area is 194 Å². The Morgan fingerprint density at radius 3 is 2.44 bits per heavy atom. The summed E-state index contributed by atoms with van der Waals surface area (Å²) in [5, 5.41) is 12.8. The van der Waals surface area contributed by atoms with Gasteiger partial charge in [0.25, 0.3) is 0 Å². The van der Waals surface area contributed by atoms with Crippen molar-refractivity contribution in [2.45, 2.75) is 51.0 Å². The van der Waals surface area contributed by atoms with Gasteiger partial charge in [-0.05, 0) is 44.0 Å². The third-order valence-electron chi connectivity index (χ3n) is 5.73. The molecule has 0 unspecified atom stereocenters. The molecule has 3 aromatic rings. The second kappa shape index (κ2) is 11.3. The van der Waals surface area contributed by atoms with Crippen LogP contribution in [0, 0.1) is 6.92 Å². The van der Waals surface area contributed by atoms with Gasteiger partial charge in [0.05, 0.1) is 18.8 Å². The van der Waals surface area contributed by atoms with Gasteiger partial charge in [0.1, 0.15) is 5.82 Å². The van der Waals surface area contributed by atoms with Crippen molar-refractivity contribution in [3.05, 3.63) is 77.1 Å². The summed E-state index contributed by atoms with van der Waals surface area (Å²) < 4.78 is 2.17. The lowest BCUT2D eigenvalue weighted by molar-refractivity contribution is -0.118. The van der Waals surface area contributed by atoms with Crippen LogP contribution in [0.4, 0.5) is 0 Å². The maximum absolute atomic E-state index is 12.5. The number of carbonyl (C=O) groups is 1. The summed E-state index contributed by atoms with van der Waals surface area (Å²) in [5.74, 6) is 1.29. The highest BCUT2D eigenvalue weighted by Crippen LogP contribution is 2.21. The number of aryl methyl sites for hydroxylation is 1. The minimum Gasteiger partial charge on any atom is -0.351 e. The third-order valence-corrected chi connectivity index (χ3v) is 6.70. The van der Waals surface area contributed by atoms with Crippen LogP contribution in [0.5, 0.6) is 0 Å². The summed E-state index contributed by atoms with van der Waals surface area (Å²) in [7, 11) is 0. The van der Waals surface area contributed by atoms with E-state index in [0.717, 1.165) is 36.2 Å². The number of hydrogen-bond acceptors (Lipinski definition) is 5. The summed E-state index contributed by atoms with van der Waals surface area (Å²) in [4.78, 5) is 14.9. The van der Waals surface area contributed by atoms with Gasteiger partial charge < -0.3 is 9.88 Å². The van der Waals surface area contributed by atoms with Crippen molar-refractivity contribution < 1.29 is 4.79 Å². The molecule has 1 aliphatic heterocycles. The Balaban J connectivity index is 1.39. The van der Waals surface area contributed by atoms with Gasteiger partial charge in [-0.3, -0.25) is 9.69 Å². The van der Waals surface area contributed by atoms with Gasteiger partial charge in [-0.1, -0.05) is 78.3 Å². The number of likely N-dealkylation sites (tertiary alicyclic amines) is 1. The van der Waals surface area contributed by atoms with Crippen LogP contribution in [-0.2, 0) is 24.4 Å². The Kier molecular flexibility index (Phi) is 7.96. The molecule has 2 aromatic carbocycles. The van der Waals surface area contributed by atoms with Crippen LogP contribution in [-0.4, -0.2) is 44.4 Å². The lowest BCUT2D eigenvalue weighted by Crippen LogP contribution is -2.30. The fourth-order valence-electron chi connectivity index (χ4n) is 3.87. The van der Waals surface area contributed by atoms with Crippen LogP contribution in [0.15, 0.2) is 59.8 Å². The molecule has 7 heteroatoms. The SMILES string of the molecule is Cc1ccc(CNC(=O)CSc2nnc(CN3CCCCC3)n2Cc2ccccc2)cc1. The lowest BCUT2D eigenvalue weighted by Gasteiger charge is -2.26. The minimum absolute atomic E-state index is 0.00224. The zero-order chi connectivity index (χ0) is 22.2. The first-order chi connectivity index (χ1) is 15.7. The van der Waals surface area contributed by atoms with Crippen LogP contribution in [0.3, 0.4) is 0 Å². The Hall–Kier alpha value is -2.64. The quantitative estimate of drug-likeness (QED) is 0.500. The minimum atomic E-state index is 0.00224. The fourth-order valence-corrected chi connectivity index (χ4v) is 4.66. The number of benzene rings is 2. The van der Waals surface area contributed by atoms with Gasteiger partial charge in [-0.25, -0.2) is 0 Å². The zero-order valence-corrected chi connectivity index (χ0v) is 19.5. The second-order valence-electron chi connectivity index (χ2n) is 8.36.